The number of pyridine rings is 1. The first-order valence-electron chi connectivity index (χ1n) is 9.20. The first kappa shape index (κ1) is 18.5. The molecular weight excluding hydrogens is 366 g/mol. The molecule has 2 atom stereocenters. The van der Waals surface area contributed by atoms with Crippen molar-refractivity contribution in [3.63, 3.8) is 0 Å². The molecule has 2 fully saturated rings. The van der Waals surface area contributed by atoms with Gasteiger partial charge < -0.3 is 15.1 Å². The first-order chi connectivity index (χ1) is 13.5. The van der Waals surface area contributed by atoms with E-state index in [0.717, 1.165) is 23.8 Å². The zero-order chi connectivity index (χ0) is 19.7. The second kappa shape index (κ2) is 7.63. The summed E-state index contributed by atoms with van der Waals surface area (Å²) in [5.74, 6) is -2.48. The molecular formula is C20H20F2N4O2. The van der Waals surface area contributed by atoms with Crippen LogP contribution in [0.15, 0.2) is 42.7 Å². The van der Waals surface area contributed by atoms with Crippen molar-refractivity contribution in [1.82, 2.24) is 15.2 Å². The Morgan fingerprint density at radius 3 is 2.71 bits per heavy atom. The maximum atomic E-state index is 13.5. The number of rotatable bonds is 3. The lowest BCUT2D eigenvalue weighted by Crippen LogP contribution is -2.50. The van der Waals surface area contributed by atoms with Gasteiger partial charge in [-0.05, 0) is 23.8 Å². The molecule has 0 aliphatic carbocycles. The molecule has 28 heavy (non-hydrogen) atoms. The van der Waals surface area contributed by atoms with E-state index in [0.29, 0.717) is 19.6 Å². The lowest BCUT2D eigenvalue weighted by atomic mass is 10.0. The highest BCUT2D eigenvalue weighted by atomic mass is 19.1. The Balaban J connectivity index is 1.54. The average Bonchev–Trinajstić information content (AvgIpc) is 3.09. The Morgan fingerprint density at radius 1 is 1.21 bits per heavy atom. The number of benzene rings is 1. The van der Waals surface area contributed by atoms with Gasteiger partial charge in [-0.1, -0.05) is 6.07 Å². The number of aromatic nitrogens is 1. The van der Waals surface area contributed by atoms with Gasteiger partial charge in [-0.2, -0.15) is 0 Å². The van der Waals surface area contributed by atoms with E-state index in [1.807, 2.05) is 12.1 Å². The topological polar surface area (TPSA) is 65.5 Å². The minimum atomic E-state index is -0.753. The first-order valence-corrected chi connectivity index (χ1v) is 9.20. The van der Waals surface area contributed by atoms with E-state index < -0.39 is 17.6 Å². The number of nitrogens with zero attached hydrogens (tertiary/aromatic N) is 3. The molecule has 4 rings (SSSR count). The number of hydrogen-bond donors (Lipinski definition) is 1. The minimum absolute atomic E-state index is 0.0284. The van der Waals surface area contributed by atoms with Crippen molar-refractivity contribution >= 4 is 17.5 Å². The Labute approximate surface area is 161 Å². The standard InChI is InChI=1S/C20H20F2N4O2/c21-15-7-16(22)9-17(8-15)26-12-14(6-19(26)27)20(28)25-5-4-24-11-18(25)13-2-1-3-23-10-13/h1-3,7-10,14,18,24H,4-6,11-12H2. The quantitative estimate of drug-likeness (QED) is 0.875. The van der Waals surface area contributed by atoms with E-state index >= 15 is 0 Å². The number of piperazine rings is 1. The van der Waals surface area contributed by atoms with Crippen molar-refractivity contribution in [1.29, 1.82) is 0 Å². The second-order valence-corrected chi connectivity index (χ2v) is 7.07. The Bertz CT molecular complexity index is 873. The van der Waals surface area contributed by atoms with Gasteiger partial charge in [0.15, 0.2) is 0 Å². The lowest BCUT2D eigenvalue weighted by molar-refractivity contribution is -0.139. The van der Waals surface area contributed by atoms with Gasteiger partial charge in [0.2, 0.25) is 11.8 Å². The summed E-state index contributed by atoms with van der Waals surface area (Å²) in [6.45, 7) is 1.92. The molecule has 2 saturated heterocycles. The summed E-state index contributed by atoms with van der Waals surface area (Å²) in [6, 6.07) is 6.56. The van der Waals surface area contributed by atoms with Crippen LogP contribution >= 0.6 is 0 Å². The van der Waals surface area contributed by atoms with Crippen LogP contribution in [0.2, 0.25) is 0 Å². The molecule has 1 aromatic carbocycles. The fraction of sp³-hybridized carbons (Fsp3) is 0.350. The van der Waals surface area contributed by atoms with E-state index in [1.165, 1.54) is 4.90 Å². The maximum absolute atomic E-state index is 13.5. The summed E-state index contributed by atoms with van der Waals surface area (Å²) < 4.78 is 27.1. The molecule has 2 unspecified atom stereocenters. The molecule has 0 bridgehead atoms. The van der Waals surface area contributed by atoms with Crippen LogP contribution in [-0.2, 0) is 9.59 Å². The van der Waals surface area contributed by atoms with Crippen molar-refractivity contribution in [3.05, 3.63) is 59.9 Å². The third kappa shape index (κ3) is 3.60. The highest BCUT2D eigenvalue weighted by Crippen LogP contribution is 2.30. The highest BCUT2D eigenvalue weighted by Gasteiger charge is 2.40. The van der Waals surface area contributed by atoms with Gasteiger partial charge >= 0.3 is 0 Å². The summed E-state index contributed by atoms with van der Waals surface area (Å²) in [5.41, 5.74) is 1.07. The third-order valence-electron chi connectivity index (χ3n) is 5.23. The molecule has 2 amide bonds. The molecule has 0 radical (unpaired) electrons. The molecule has 6 nitrogen and oxygen atoms in total. The summed E-state index contributed by atoms with van der Waals surface area (Å²) in [5, 5.41) is 3.28. The molecule has 1 N–H and O–H groups in total. The molecule has 2 aromatic rings. The minimum Gasteiger partial charge on any atom is -0.333 e. The van der Waals surface area contributed by atoms with Gasteiger partial charge in [-0.3, -0.25) is 14.6 Å². The number of carbonyl (C=O) groups is 2. The predicted octanol–water partition coefficient (Wildman–Crippen LogP) is 1.89. The maximum Gasteiger partial charge on any atom is 0.228 e. The molecule has 2 aliphatic heterocycles. The molecule has 0 saturated carbocycles. The third-order valence-corrected chi connectivity index (χ3v) is 5.23. The van der Waals surface area contributed by atoms with E-state index in [2.05, 4.69) is 10.3 Å². The van der Waals surface area contributed by atoms with E-state index in [4.69, 9.17) is 0 Å². The summed E-state index contributed by atoms with van der Waals surface area (Å²) in [4.78, 5) is 32.8. The smallest absolute Gasteiger partial charge is 0.228 e. The van der Waals surface area contributed by atoms with Crippen LogP contribution < -0.4 is 10.2 Å². The van der Waals surface area contributed by atoms with Gasteiger partial charge in [-0.15, -0.1) is 0 Å². The predicted molar refractivity (Wildman–Crippen MR) is 98.4 cm³/mol. The fourth-order valence-corrected chi connectivity index (χ4v) is 3.89. The number of hydrogen-bond acceptors (Lipinski definition) is 4. The van der Waals surface area contributed by atoms with Crippen molar-refractivity contribution in [3.8, 4) is 0 Å². The van der Waals surface area contributed by atoms with Crippen LogP contribution in [0.4, 0.5) is 14.5 Å². The van der Waals surface area contributed by atoms with Crippen molar-refractivity contribution in [2.45, 2.75) is 12.5 Å². The van der Waals surface area contributed by atoms with Crippen LogP contribution in [0.25, 0.3) is 0 Å². The van der Waals surface area contributed by atoms with E-state index in [9.17, 15) is 18.4 Å². The largest absolute Gasteiger partial charge is 0.333 e. The zero-order valence-electron chi connectivity index (χ0n) is 15.1. The van der Waals surface area contributed by atoms with Crippen molar-refractivity contribution in [2.75, 3.05) is 31.1 Å². The summed E-state index contributed by atoms with van der Waals surface area (Å²) in [7, 11) is 0. The van der Waals surface area contributed by atoms with Gasteiger partial charge in [0.05, 0.1) is 12.0 Å². The SMILES string of the molecule is O=C1CC(C(=O)N2CCNCC2c2cccnc2)CN1c1cc(F)cc(F)c1. The van der Waals surface area contributed by atoms with Gasteiger partial charge in [0.1, 0.15) is 11.6 Å². The summed E-state index contributed by atoms with van der Waals surface area (Å²) >= 11 is 0. The molecule has 1 aromatic heterocycles. The average molecular weight is 386 g/mol. The van der Waals surface area contributed by atoms with Crippen molar-refractivity contribution in [2.24, 2.45) is 5.92 Å². The Kier molecular flexibility index (Phi) is 5.04. The number of nitrogens with one attached hydrogen (secondary N) is 1. The number of halogens is 2. The Hall–Kier alpha value is -2.87. The lowest BCUT2D eigenvalue weighted by Gasteiger charge is -2.37. The van der Waals surface area contributed by atoms with E-state index in [1.54, 1.807) is 17.3 Å². The zero-order valence-corrected chi connectivity index (χ0v) is 15.1. The van der Waals surface area contributed by atoms with Crippen LogP contribution in [0.3, 0.4) is 0 Å². The normalized spacial score (nSPS) is 22.6. The van der Waals surface area contributed by atoms with Gasteiger partial charge in [0.25, 0.3) is 0 Å². The van der Waals surface area contributed by atoms with Crippen LogP contribution in [0.5, 0.6) is 0 Å². The monoisotopic (exact) mass is 386 g/mol. The molecule has 2 aliphatic rings. The van der Waals surface area contributed by atoms with Gasteiger partial charge in [0, 0.05) is 56.7 Å². The van der Waals surface area contributed by atoms with E-state index in [-0.39, 0.29) is 36.5 Å². The molecule has 146 valence electrons. The highest BCUT2D eigenvalue weighted by molar-refractivity contribution is 6.00. The fourth-order valence-electron chi connectivity index (χ4n) is 3.89. The second-order valence-electron chi connectivity index (χ2n) is 7.07. The number of carbonyl (C=O) groups excluding carboxylic acids is 2. The molecule has 3 heterocycles. The van der Waals surface area contributed by atoms with Crippen LogP contribution in [-0.4, -0.2) is 47.9 Å². The summed E-state index contributed by atoms with van der Waals surface area (Å²) in [6.07, 6.45) is 3.44. The van der Waals surface area contributed by atoms with Crippen LogP contribution in [0.1, 0.15) is 18.0 Å². The Morgan fingerprint density at radius 2 is 2.00 bits per heavy atom. The molecule has 8 heteroatoms. The molecule has 0 spiro atoms. The number of amides is 2. The van der Waals surface area contributed by atoms with Crippen LogP contribution in [0, 0.1) is 17.6 Å². The van der Waals surface area contributed by atoms with Gasteiger partial charge in [-0.25, -0.2) is 8.78 Å². The number of anilines is 1. The van der Waals surface area contributed by atoms with Crippen molar-refractivity contribution < 1.29 is 18.4 Å².